The van der Waals surface area contributed by atoms with Crippen LogP contribution in [-0.2, 0) is 0 Å². The molecule has 0 bridgehead atoms. The quantitative estimate of drug-likeness (QED) is 0.472. The van der Waals surface area contributed by atoms with Crippen molar-refractivity contribution in [2.75, 3.05) is 13.1 Å². The van der Waals surface area contributed by atoms with E-state index in [4.69, 9.17) is 5.73 Å². The second kappa shape index (κ2) is 10.7. The Labute approximate surface area is 81.3 Å². The van der Waals surface area contributed by atoms with Gasteiger partial charge in [0.1, 0.15) is 0 Å². The number of nitrogens with one attached hydrogen (secondary N) is 1. The minimum atomic E-state index is 0. The van der Waals surface area contributed by atoms with Crippen molar-refractivity contribution in [3.8, 4) is 0 Å². The lowest BCUT2D eigenvalue weighted by Gasteiger charge is -2.08. The predicted octanol–water partition coefficient (Wildman–Crippen LogP) is 1.48. The van der Waals surface area contributed by atoms with Crippen LogP contribution in [0.2, 0.25) is 0 Å². The highest BCUT2D eigenvalue weighted by atomic mass is 35.5. The lowest BCUT2D eigenvalue weighted by molar-refractivity contribution is 0.582. The molecule has 0 aliphatic carbocycles. The molecule has 0 heterocycles. The summed E-state index contributed by atoms with van der Waals surface area (Å²) in [5, 5.41) is 3.19. The van der Waals surface area contributed by atoms with Crippen molar-refractivity contribution in [1.29, 1.82) is 0 Å². The zero-order valence-corrected chi connectivity index (χ0v) is 8.28. The van der Waals surface area contributed by atoms with Gasteiger partial charge in [-0.15, -0.1) is 25.6 Å². The fraction of sp³-hybridized carbons (Fsp3) is 0.556. The maximum atomic E-state index is 5.73. The first-order valence-corrected chi connectivity index (χ1v) is 3.99. The third-order valence-electron chi connectivity index (χ3n) is 1.45. The fourth-order valence-electron chi connectivity index (χ4n) is 0.824. The summed E-state index contributed by atoms with van der Waals surface area (Å²) in [6.07, 6.45) is 5.60. The Bertz CT molecular complexity index is 115. The van der Waals surface area contributed by atoms with Crippen molar-refractivity contribution in [3.63, 3.8) is 0 Å². The molecule has 0 aromatic rings. The van der Waals surface area contributed by atoms with E-state index in [0.29, 0.717) is 0 Å². The van der Waals surface area contributed by atoms with Crippen LogP contribution in [0.4, 0.5) is 0 Å². The zero-order chi connectivity index (χ0) is 8.53. The average Bonchev–Trinajstić information content (AvgIpc) is 1.99. The summed E-state index contributed by atoms with van der Waals surface area (Å²) in [5.41, 5.74) is 5.73. The van der Waals surface area contributed by atoms with Crippen LogP contribution in [-0.4, -0.2) is 19.1 Å². The molecule has 0 saturated heterocycles. The lowest BCUT2D eigenvalue weighted by Crippen LogP contribution is -2.26. The summed E-state index contributed by atoms with van der Waals surface area (Å²) >= 11 is 0. The normalized spacial score (nSPS) is 11.4. The molecular weight excluding hydrogens is 172 g/mol. The van der Waals surface area contributed by atoms with Gasteiger partial charge in [-0.25, -0.2) is 0 Å². The number of hydrogen-bond donors (Lipinski definition) is 2. The first kappa shape index (κ1) is 14.2. The average molecular weight is 191 g/mol. The molecule has 3 heteroatoms. The van der Waals surface area contributed by atoms with Crippen LogP contribution in [0.5, 0.6) is 0 Å². The van der Waals surface area contributed by atoms with Gasteiger partial charge in [0, 0.05) is 12.6 Å². The Hall–Kier alpha value is -0.310. The minimum absolute atomic E-state index is 0. The fourth-order valence-corrected chi connectivity index (χ4v) is 0.824. The van der Waals surface area contributed by atoms with Crippen LogP contribution in [0.3, 0.4) is 0 Å². The van der Waals surface area contributed by atoms with Crippen LogP contribution < -0.4 is 11.1 Å². The van der Waals surface area contributed by atoms with Gasteiger partial charge in [0.05, 0.1) is 0 Å². The van der Waals surface area contributed by atoms with Gasteiger partial charge in [0.2, 0.25) is 0 Å². The van der Waals surface area contributed by atoms with Crippen LogP contribution in [0, 0.1) is 0 Å². The second-order valence-corrected chi connectivity index (χ2v) is 2.57. The van der Waals surface area contributed by atoms with Crippen LogP contribution >= 0.6 is 12.4 Å². The Balaban J connectivity index is 0. The molecule has 0 amide bonds. The summed E-state index contributed by atoms with van der Waals surface area (Å²) < 4.78 is 0. The molecule has 0 aromatic heterocycles. The molecule has 0 aliphatic heterocycles. The molecule has 12 heavy (non-hydrogen) atoms. The zero-order valence-electron chi connectivity index (χ0n) is 7.46. The van der Waals surface area contributed by atoms with E-state index >= 15 is 0 Å². The van der Waals surface area contributed by atoms with E-state index in [1.807, 2.05) is 12.2 Å². The first-order valence-electron chi connectivity index (χ1n) is 3.99. The molecule has 72 valence electrons. The molecule has 0 spiro atoms. The number of halogens is 1. The van der Waals surface area contributed by atoms with Crippen molar-refractivity contribution >= 4 is 12.4 Å². The van der Waals surface area contributed by atoms with Crippen LogP contribution in [0.15, 0.2) is 25.3 Å². The Morgan fingerprint density at radius 2 is 2.00 bits per heavy atom. The van der Waals surface area contributed by atoms with Gasteiger partial charge in [-0.3, -0.25) is 0 Å². The summed E-state index contributed by atoms with van der Waals surface area (Å²) in [5.74, 6) is 0. The monoisotopic (exact) mass is 190 g/mol. The molecule has 0 rings (SSSR count). The standard InChI is InChI=1S/C9H18N2.ClH/c1-3-5-9(10)6-8-11-7-4-2;/h3-4,9,11H,1-2,5-8,10H2;1H. The molecule has 0 fully saturated rings. The van der Waals surface area contributed by atoms with Crippen molar-refractivity contribution in [3.05, 3.63) is 25.3 Å². The van der Waals surface area contributed by atoms with E-state index in [1.165, 1.54) is 0 Å². The molecule has 0 saturated carbocycles. The smallest absolute Gasteiger partial charge is 0.0132 e. The van der Waals surface area contributed by atoms with Crippen LogP contribution in [0.1, 0.15) is 12.8 Å². The Morgan fingerprint density at radius 1 is 1.33 bits per heavy atom. The number of nitrogens with two attached hydrogens (primary N) is 1. The van der Waals surface area contributed by atoms with Gasteiger partial charge in [0.15, 0.2) is 0 Å². The van der Waals surface area contributed by atoms with Crippen molar-refractivity contribution in [2.24, 2.45) is 5.73 Å². The first-order chi connectivity index (χ1) is 5.31. The molecule has 2 nitrogen and oxygen atoms in total. The van der Waals surface area contributed by atoms with Gasteiger partial charge in [-0.2, -0.15) is 0 Å². The van der Waals surface area contributed by atoms with E-state index in [1.54, 1.807) is 0 Å². The number of hydrogen-bond acceptors (Lipinski definition) is 2. The summed E-state index contributed by atoms with van der Waals surface area (Å²) in [4.78, 5) is 0. The Morgan fingerprint density at radius 3 is 2.50 bits per heavy atom. The summed E-state index contributed by atoms with van der Waals surface area (Å²) in [6.45, 7) is 9.05. The molecule has 3 N–H and O–H groups in total. The van der Waals surface area contributed by atoms with Crippen molar-refractivity contribution in [1.82, 2.24) is 5.32 Å². The molecule has 0 aliphatic rings. The van der Waals surface area contributed by atoms with Gasteiger partial charge >= 0.3 is 0 Å². The maximum absolute atomic E-state index is 5.73. The van der Waals surface area contributed by atoms with E-state index in [2.05, 4.69) is 18.5 Å². The summed E-state index contributed by atoms with van der Waals surface area (Å²) in [6, 6.07) is 0.254. The minimum Gasteiger partial charge on any atom is -0.327 e. The van der Waals surface area contributed by atoms with Gasteiger partial charge in [0.25, 0.3) is 0 Å². The molecular formula is C9H19ClN2. The SMILES string of the molecule is C=CCNCCC(N)CC=C.Cl. The molecule has 1 atom stereocenters. The van der Waals surface area contributed by atoms with Gasteiger partial charge in [-0.05, 0) is 19.4 Å². The highest BCUT2D eigenvalue weighted by molar-refractivity contribution is 5.85. The van der Waals surface area contributed by atoms with E-state index in [-0.39, 0.29) is 18.4 Å². The predicted molar refractivity (Wildman–Crippen MR) is 57.7 cm³/mol. The Kier molecular flexibility index (Phi) is 12.7. The highest BCUT2D eigenvalue weighted by Crippen LogP contribution is 1.92. The maximum Gasteiger partial charge on any atom is 0.0132 e. The highest BCUT2D eigenvalue weighted by Gasteiger charge is 1.97. The third-order valence-corrected chi connectivity index (χ3v) is 1.45. The van der Waals surface area contributed by atoms with Crippen molar-refractivity contribution < 1.29 is 0 Å². The lowest BCUT2D eigenvalue weighted by atomic mass is 10.1. The molecule has 0 aromatic carbocycles. The second-order valence-electron chi connectivity index (χ2n) is 2.57. The molecule has 1 unspecified atom stereocenters. The van der Waals surface area contributed by atoms with Crippen molar-refractivity contribution in [2.45, 2.75) is 18.9 Å². The van der Waals surface area contributed by atoms with E-state index in [0.717, 1.165) is 25.9 Å². The van der Waals surface area contributed by atoms with Gasteiger partial charge < -0.3 is 11.1 Å². The van der Waals surface area contributed by atoms with E-state index < -0.39 is 0 Å². The molecule has 0 radical (unpaired) electrons. The van der Waals surface area contributed by atoms with Crippen LogP contribution in [0.25, 0.3) is 0 Å². The topological polar surface area (TPSA) is 38.0 Å². The van der Waals surface area contributed by atoms with Gasteiger partial charge in [-0.1, -0.05) is 12.2 Å². The van der Waals surface area contributed by atoms with E-state index in [9.17, 15) is 0 Å². The largest absolute Gasteiger partial charge is 0.327 e. The third kappa shape index (κ3) is 9.69. The summed E-state index contributed by atoms with van der Waals surface area (Å²) in [7, 11) is 0. The number of rotatable bonds is 7.